The predicted molar refractivity (Wildman–Crippen MR) is 60.6 cm³/mol. The van der Waals surface area contributed by atoms with Gasteiger partial charge < -0.3 is 10.6 Å². The second-order valence-corrected chi connectivity index (χ2v) is 4.92. The quantitative estimate of drug-likeness (QED) is 0.671. The van der Waals surface area contributed by atoms with Crippen molar-refractivity contribution in [2.75, 3.05) is 19.6 Å². The molecule has 2 fully saturated rings. The third-order valence-electron chi connectivity index (χ3n) is 3.73. The van der Waals surface area contributed by atoms with Crippen molar-refractivity contribution in [1.82, 2.24) is 10.6 Å². The van der Waals surface area contributed by atoms with E-state index in [4.69, 9.17) is 0 Å². The molecule has 2 rings (SSSR count). The van der Waals surface area contributed by atoms with Crippen molar-refractivity contribution in [3.63, 3.8) is 0 Å². The first-order chi connectivity index (χ1) is 7.36. The molecule has 1 atom stereocenters. The Hall–Kier alpha value is -0.570. The minimum absolute atomic E-state index is 0.297. The molecule has 1 aliphatic heterocycles. The molecule has 2 aliphatic rings. The molecule has 0 aromatic carbocycles. The molecule has 86 valence electrons. The van der Waals surface area contributed by atoms with Gasteiger partial charge in [0.1, 0.15) is 0 Å². The van der Waals surface area contributed by atoms with Gasteiger partial charge in [-0.05, 0) is 51.1 Å². The molecule has 1 heterocycles. The van der Waals surface area contributed by atoms with Crippen LogP contribution in [0.2, 0.25) is 0 Å². The number of nitrogens with one attached hydrogen (secondary N) is 2. The normalized spacial score (nSPS) is 26.3. The van der Waals surface area contributed by atoms with Crippen LogP contribution in [0.5, 0.6) is 0 Å². The summed E-state index contributed by atoms with van der Waals surface area (Å²) in [7, 11) is 0. The fourth-order valence-electron chi connectivity index (χ4n) is 2.38. The van der Waals surface area contributed by atoms with E-state index in [2.05, 4.69) is 10.6 Å². The molecule has 0 spiro atoms. The van der Waals surface area contributed by atoms with Crippen LogP contribution in [-0.2, 0) is 4.79 Å². The average molecular weight is 210 g/mol. The Morgan fingerprint density at radius 3 is 2.80 bits per heavy atom. The molecular weight excluding hydrogens is 188 g/mol. The van der Waals surface area contributed by atoms with E-state index < -0.39 is 0 Å². The lowest BCUT2D eigenvalue weighted by Crippen LogP contribution is -2.35. The minimum Gasteiger partial charge on any atom is -0.356 e. The molecule has 1 saturated carbocycles. The molecule has 0 aromatic rings. The number of carbonyl (C=O) groups is 1. The van der Waals surface area contributed by atoms with Crippen molar-refractivity contribution in [3.8, 4) is 0 Å². The third-order valence-corrected chi connectivity index (χ3v) is 3.73. The minimum atomic E-state index is 0.297. The second kappa shape index (κ2) is 5.50. The Bertz CT molecular complexity index is 208. The molecule has 2 N–H and O–H groups in total. The summed E-state index contributed by atoms with van der Waals surface area (Å²) in [5, 5.41) is 6.42. The Morgan fingerprint density at radius 1 is 1.33 bits per heavy atom. The summed E-state index contributed by atoms with van der Waals surface area (Å²) in [4.78, 5) is 11.5. The zero-order valence-electron chi connectivity index (χ0n) is 9.43. The first-order valence-corrected chi connectivity index (χ1v) is 6.34. The van der Waals surface area contributed by atoms with E-state index in [0.717, 1.165) is 31.7 Å². The zero-order chi connectivity index (χ0) is 10.5. The molecule has 3 nitrogen and oxygen atoms in total. The van der Waals surface area contributed by atoms with Gasteiger partial charge in [-0.2, -0.15) is 0 Å². The summed E-state index contributed by atoms with van der Waals surface area (Å²) in [5.41, 5.74) is 0. The number of hydrogen-bond donors (Lipinski definition) is 2. The smallest absolute Gasteiger partial charge is 0.223 e. The lowest BCUT2D eigenvalue weighted by Gasteiger charge is -2.24. The number of amides is 1. The fraction of sp³-hybridized carbons (Fsp3) is 0.917. The second-order valence-electron chi connectivity index (χ2n) is 4.92. The summed E-state index contributed by atoms with van der Waals surface area (Å²) < 4.78 is 0. The van der Waals surface area contributed by atoms with Gasteiger partial charge in [0.25, 0.3) is 0 Å². The fourth-order valence-corrected chi connectivity index (χ4v) is 2.38. The summed E-state index contributed by atoms with van der Waals surface area (Å²) in [6.07, 6.45) is 7.18. The maximum absolute atomic E-state index is 11.5. The molecule has 1 saturated heterocycles. The highest BCUT2D eigenvalue weighted by Gasteiger charge is 2.24. The SMILES string of the molecule is O=C(NCCCC1CCNC1)C1CCC1. The maximum Gasteiger partial charge on any atom is 0.223 e. The van der Waals surface area contributed by atoms with Crippen molar-refractivity contribution >= 4 is 5.91 Å². The Balaban J connectivity index is 1.48. The van der Waals surface area contributed by atoms with E-state index in [1.807, 2.05) is 0 Å². The van der Waals surface area contributed by atoms with Crippen LogP contribution >= 0.6 is 0 Å². The summed E-state index contributed by atoms with van der Waals surface area (Å²) in [6, 6.07) is 0. The van der Waals surface area contributed by atoms with E-state index in [9.17, 15) is 4.79 Å². The molecule has 0 aromatic heterocycles. The average Bonchev–Trinajstić information content (AvgIpc) is 2.62. The predicted octanol–water partition coefficient (Wildman–Crippen LogP) is 1.29. The van der Waals surface area contributed by atoms with Gasteiger partial charge in [-0.3, -0.25) is 4.79 Å². The van der Waals surface area contributed by atoms with Crippen LogP contribution in [0, 0.1) is 11.8 Å². The number of rotatable bonds is 5. The Kier molecular flexibility index (Phi) is 4.01. The van der Waals surface area contributed by atoms with Gasteiger partial charge in [0, 0.05) is 12.5 Å². The van der Waals surface area contributed by atoms with E-state index in [1.54, 1.807) is 0 Å². The first kappa shape index (κ1) is 10.9. The van der Waals surface area contributed by atoms with Gasteiger partial charge in [-0.15, -0.1) is 0 Å². The Labute approximate surface area is 92.0 Å². The van der Waals surface area contributed by atoms with Gasteiger partial charge in [0.15, 0.2) is 0 Å². The Morgan fingerprint density at radius 2 is 2.20 bits per heavy atom. The van der Waals surface area contributed by atoms with E-state index >= 15 is 0 Å². The highest BCUT2D eigenvalue weighted by Crippen LogP contribution is 2.26. The summed E-state index contributed by atoms with van der Waals surface area (Å²) in [5.74, 6) is 1.49. The standard InChI is InChI=1S/C12H22N2O/c15-12(11-4-1-5-11)14-7-2-3-10-6-8-13-9-10/h10-11,13H,1-9H2,(H,14,15). The van der Waals surface area contributed by atoms with Crippen molar-refractivity contribution < 1.29 is 4.79 Å². The van der Waals surface area contributed by atoms with E-state index in [1.165, 1.54) is 32.4 Å². The van der Waals surface area contributed by atoms with Gasteiger partial charge in [-0.25, -0.2) is 0 Å². The number of carbonyl (C=O) groups excluding carboxylic acids is 1. The summed E-state index contributed by atoms with van der Waals surface area (Å²) >= 11 is 0. The van der Waals surface area contributed by atoms with Crippen molar-refractivity contribution in [2.45, 2.75) is 38.5 Å². The molecule has 15 heavy (non-hydrogen) atoms. The van der Waals surface area contributed by atoms with Gasteiger partial charge >= 0.3 is 0 Å². The topological polar surface area (TPSA) is 41.1 Å². The van der Waals surface area contributed by atoms with Crippen LogP contribution in [-0.4, -0.2) is 25.5 Å². The first-order valence-electron chi connectivity index (χ1n) is 6.34. The highest BCUT2D eigenvalue weighted by atomic mass is 16.1. The maximum atomic E-state index is 11.5. The van der Waals surface area contributed by atoms with E-state index in [0.29, 0.717) is 11.8 Å². The van der Waals surface area contributed by atoms with Crippen LogP contribution in [0.4, 0.5) is 0 Å². The molecule has 1 aliphatic carbocycles. The van der Waals surface area contributed by atoms with Crippen LogP contribution in [0.15, 0.2) is 0 Å². The van der Waals surface area contributed by atoms with Crippen LogP contribution in [0.1, 0.15) is 38.5 Å². The molecule has 0 radical (unpaired) electrons. The molecule has 3 heteroatoms. The van der Waals surface area contributed by atoms with Crippen LogP contribution in [0.3, 0.4) is 0 Å². The number of hydrogen-bond acceptors (Lipinski definition) is 2. The highest BCUT2D eigenvalue weighted by molar-refractivity contribution is 5.79. The van der Waals surface area contributed by atoms with Gasteiger partial charge in [-0.1, -0.05) is 6.42 Å². The van der Waals surface area contributed by atoms with Crippen molar-refractivity contribution in [3.05, 3.63) is 0 Å². The van der Waals surface area contributed by atoms with Crippen LogP contribution in [0.25, 0.3) is 0 Å². The zero-order valence-corrected chi connectivity index (χ0v) is 9.43. The molecule has 1 unspecified atom stereocenters. The third kappa shape index (κ3) is 3.20. The van der Waals surface area contributed by atoms with Gasteiger partial charge in [0.2, 0.25) is 5.91 Å². The van der Waals surface area contributed by atoms with Crippen molar-refractivity contribution in [2.24, 2.45) is 11.8 Å². The largest absolute Gasteiger partial charge is 0.356 e. The lowest BCUT2D eigenvalue weighted by molar-refractivity contribution is -0.127. The summed E-state index contributed by atoms with van der Waals surface area (Å²) in [6.45, 7) is 3.24. The lowest BCUT2D eigenvalue weighted by atomic mass is 9.85. The van der Waals surface area contributed by atoms with Gasteiger partial charge in [0.05, 0.1) is 0 Å². The molecule has 0 bridgehead atoms. The monoisotopic (exact) mass is 210 g/mol. The van der Waals surface area contributed by atoms with Crippen LogP contribution < -0.4 is 10.6 Å². The molecular formula is C12H22N2O. The van der Waals surface area contributed by atoms with Crippen molar-refractivity contribution in [1.29, 1.82) is 0 Å². The molecule has 1 amide bonds. The van der Waals surface area contributed by atoms with E-state index in [-0.39, 0.29) is 0 Å².